The van der Waals surface area contributed by atoms with Gasteiger partial charge in [0.2, 0.25) is 0 Å². The summed E-state index contributed by atoms with van der Waals surface area (Å²) in [6.07, 6.45) is 4.45. The molecule has 4 atom stereocenters. The molecule has 2 bridgehead atoms. The number of quaternary nitrogens is 2. The topological polar surface area (TPSA) is 59.7 Å². The molecule has 0 amide bonds. The highest BCUT2D eigenvalue weighted by Crippen LogP contribution is 2.59. The van der Waals surface area contributed by atoms with Crippen molar-refractivity contribution in [1.29, 1.82) is 0 Å². The van der Waals surface area contributed by atoms with Gasteiger partial charge in [0.15, 0.2) is 6.04 Å². The number of ether oxygens (including phenoxy) is 2. The molecule has 1 aromatic rings. The van der Waals surface area contributed by atoms with Crippen LogP contribution in [0.2, 0.25) is 0 Å². The highest BCUT2D eigenvalue weighted by Gasteiger charge is 2.50. The molecule has 29 heavy (non-hydrogen) atoms. The monoisotopic (exact) mass is 404 g/mol. The number of fused-ring (bicyclic) bond motifs is 1. The molecule has 1 saturated carbocycles. The Kier molecular flexibility index (Phi) is 7.38. The second kappa shape index (κ2) is 9.61. The summed E-state index contributed by atoms with van der Waals surface area (Å²) in [7, 11) is 6.04. The van der Waals surface area contributed by atoms with Crippen molar-refractivity contribution in [2.45, 2.75) is 38.8 Å². The van der Waals surface area contributed by atoms with Gasteiger partial charge < -0.3 is 24.8 Å². The van der Waals surface area contributed by atoms with Gasteiger partial charge in [0.1, 0.15) is 24.9 Å². The van der Waals surface area contributed by atoms with Gasteiger partial charge in [-0.2, -0.15) is 0 Å². The largest absolute Gasteiger partial charge is 0.497 e. The Labute approximate surface area is 176 Å². The third-order valence-corrected chi connectivity index (χ3v) is 7.22. The highest BCUT2D eigenvalue weighted by atomic mass is 16.5. The summed E-state index contributed by atoms with van der Waals surface area (Å²) in [6, 6.07) is 8.66. The molecule has 162 valence electrons. The van der Waals surface area contributed by atoms with Crippen LogP contribution in [0.25, 0.3) is 0 Å². The van der Waals surface area contributed by atoms with Crippen molar-refractivity contribution in [1.82, 2.24) is 0 Å². The first-order valence-corrected chi connectivity index (χ1v) is 11.0. The van der Waals surface area contributed by atoms with E-state index >= 15 is 0 Å². The van der Waals surface area contributed by atoms with Gasteiger partial charge in [-0.25, -0.2) is 0 Å². The Hall–Kier alpha value is -1.40. The van der Waals surface area contributed by atoms with Crippen molar-refractivity contribution in [3.63, 3.8) is 0 Å². The lowest BCUT2D eigenvalue weighted by atomic mass is 9.49. The first kappa shape index (κ1) is 22.3. The van der Waals surface area contributed by atoms with Crippen molar-refractivity contribution in [3.05, 3.63) is 41.5 Å². The van der Waals surface area contributed by atoms with Gasteiger partial charge >= 0.3 is 0 Å². The molecule has 0 aliphatic heterocycles. The molecule has 1 fully saturated rings. The number of methoxy groups -OCH3 is 1. The third kappa shape index (κ3) is 5.21. The van der Waals surface area contributed by atoms with Crippen LogP contribution in [0, 0.1) is 17.3 Å². The number of nitrogens with two attached hydrogens (primary N) is 1. The fourth-order valence-corrected chi connectivity index (χ4v) is 5.02. The summed E-state index contributed by atoms with van der Waals surface area (Å²) in [6.45, 7) is 7.44. The number of aliphatic hydroxyl groups excluding tert-OH is 1. The smallest absolute Gasteiger partial charge is 0.162 e. The lowest BCUT2D eigenvalue weighted by molar-refractivity contribution is -0.909. The fourth-order valence-electron chi connectivity index (χ4n) is 5.02. The van der Waals surface area contributed by atoms with Crippen molar-refractivity contribution < 1.29 is 24.8 Å². The van der Waals surface area contributed by atoms with Gasteiger partial charge in [-0.05, 0) is 59.9 Å². The van der Waals surface area contributed by atoms with E-state index in [0.29, 0.717) is 37.1 Å². The van der Waals surface area contributed by atoms with E-state index in [1.54, 1.807) is 7.11 Å². The summed E-state index contributed by atoms with van der Waals surface area (Å²) in [5.41, 5.74) is 3.17. The minimum absolute atomic E-state index is 0.371. The molecular formula is C24H40N2O3+2. The van der Waals surface area contributed by atoms with E-state index in [0.717, 1.165) is 18.2 Å². The number of allylic oxidation sites excluding steroid dienone is 1. The molecule has 0 aromatic heterocycles. The molecule has 5 nitrogen and oxygen atoms in total. The van der Waals surface area contributed by atoms with Crippen LogP contribution in [0.15, 0.2) is 35.9 Å². The Morgan fingerprint density at radius 3 is 2.52 bits per heavy atom. The van der Waals surface area contributed by atoms with Crippen molar-refractivity contribution in [2.75, 3.05) is 47.5 Å². The maximum absolute atomic E-state index is 10.3. The summed E-state index contributed by atoms with van der Waals surface area (Å²) in [5.74, 6) is 2.42. The van der Waals surface area contributed by atoms with Crippen molar-refractivity contribution >= 4 is 0 Å². The second-order valence-corrected chi connectivity index (χ2v) is 9.65. The van der Waals surface area contributed by atoms with Gasteiger partial charge in [-0.15, -0.1) is 0 Å². The maximum Gasteiger partial charge on any atom is 0.162 e. The number of aliphatic hydroxyl groups is 1. The summed E-state index contributed by atoms with van der Waals surface area (Å²) >= 11 is 0. The van der Waals surface area contributed by atoms with Gasteiger partial charge in [-0.3, -0.25) is 0 Å². The number of benzene rings is 1. The number of rotatable bonds is 11. The number of likely N-dealkylation sites (N-methyl/N-ethyl adjacent to an activating group) is 1. The third-order valence-electron chi connectivity index (χ3n) is 7.22. The minimum atomic E-state index is -0.435. The first-order chi connectivity index (χ1) is 13.8. The Morgan fingerprint density at radius 1 is 1.21 bits per heavy atom. The summed E-state index contributed by atoms with van der Waals surface area (Å²) in [5, 5.41) is 12.6. The first-order valence-electron chi connectivity index (χ1n) is 11.0. The molecule has 3 aliphatic carbocycles. The van der Waals surface area contributed by atoms with Crippen LogP contribution < -0.4 is 15.0 Å². The predicted molar refractivity (Wildman–Crippen MR) is 115 cm³/mol. The van der Waals surface area contributed by atoms with E-state index in [1.165, 1.54) is 28.9 Å². The zero-order chi connectivity index (χ0) is 21.0. The molecule has 0 unspecified atom stereocenters. The standard InChI is InChI=1S/C24H38N2O3/c1-24(2)19-9-6-18(22(24)12-19)15-29-16-20(27)13-25-14-23(26(3)4)17-7-10-21(28-5)11-8-17/h6-8,10-11,19-20,22-23,25,27H,9,12-16H2,1-5H3/p+2/t19-,20-,22-,23+/m1/s1. The van der Waals surface area contributed by atoms with E-state index in [1.807, 2.05) is 12.1 Å². The van der Waals surface area contributed by atoms with Crippen LogP contribution in [0.1, 0.15) is 38.3 Å². The second-order valence-electron chi connectivity index (χ2n) is 9.65. The molecule has 0 saturated heterocycles. The molecule has 5 heteroatoms. The predicted octanol–water partition coefficient (Wildman–Crippen LogP) is 0.814. The Morgan fingerprint density at radius 2 is 1.93 bits per heavy atom. The van der Waals surface area contributed by atoms with Crippen LogP contribution in [0.5, 0.6) is 5.75 Å². The summed E-state index contributed by atoms with van der Waals surface area (Å²) in [4.78, 5) is 1.38. The van der Waals surface area contributed by atoms with E-state index in [4.69, 9.17) is 9.47 Å². The lowest BCUT2D eigenvalue weighted by Crippen LogP contribution is -3.09. The lowest BCUT2D eigenvalue weighted by Gasteiger charge is -2.56. The molecule has 0 heterocycles. The Balaban J connectivity index is 1.38. The average Bonchev–Trinajstić information content (AvgIpc) is 2.71. The number of hydrogen-bond donors (Lipinski definition) is 3. The van der Waals surface area contributed by atoms with Crippen molar-refractivity contribution in [3.8, 4) is 5.75 Å². The molecule has 3 aliphatic rings. The van der Waals surface area contributed by atoms with E-state index in [2.05, 4.69) is 51.5 Å². The van der Waals surface area contributed by atoms with Crippen LogP contribution in [-0.2, 0) is 4.74 Å². The molecule has 0 radical (unpaired) electrons. The normalized spacial score (nSPS) is 24.6. The van der Waals surface area contributed by atoms with Crippen LogP contribution >= 0.6 is 0 Å². The van der Waals surface area contributed by atoms with E-state index in [-0.39, 0.29) is 0 Å². The fraction of sp³-hybridized carbons (Fsp3) is 0.667. The maximum atomic E-state index is 10.3. The molecule has 4 N–H and O–H groups in total. The Bertz CT molecular complexity index is 684. The molecule has 4 rings (SSSR count). The highest BCUT2D eigenvalue weighted by molar-refractivity contribution is 5.28. The zero-order valence-electron chi connectivity index (χ0n) is 18.8. The SMILES string of the molecule is COc1ccc([C@H](C[NH2+]C[C@@H](O)COCC2=CC[C@@H]3C[C@H]2C3(C)C)[NH+](C)C)cc1. The minimum Gasteiger partial charge on any atom is -0.497 e. The van der Waals surface area contributed by atoms with Crippen molar-refractivity contribution in [2.24, 2.45) is 17.3 Å². The van der Waals surface area contributed by atoms with Gasteiger partial charge in [-0.1, -0.05) is 19.9 Å². The summed E-state index contributed by atoms with van der Waals surface area (Å²) < 4.78 is 11.1. The van der Waals surface area contributed by atoms with Gasteiger partial charge in [0.05, 0.1) is 34.4 Å². The number of nitrogens with one attached hydrogen (secondary N) is 1. The molecule has 0 spiro atoms. The zero-order valence-corrected chi connectivity index (χ0v) is 18.8. The average molecular weight is 405 g/mol. The van der Waals surface area contributed by atoms with Gasteiger partial charge in [0, 0.05) is 5.56 Å². The van der Waals surface area contributed by atoms with Gasteiger partial charge in [0.25, 0.3) is 0 Å². The number of hydrogen-bond acceptors (Lipinski definition) is 3. The van der Waals surface area contributed by atoms with E-state index < -0.39 is 6.10 Å². The molecule has 1 aromatic carbocycles. The van der Waals surface area contributed by atoms with E-state index in [9.17, 15) is 5.11 Å². The van der Waals surface area contributed by atoms with Crippen LogP contribution in [0.3, 0.4) is 0 Å². The van der Waals surface area contributed by atoms with Crippen LogP contribution in [-0.4, -0.2) is 58.7 Å². The quantitative estimate of drug-likeness (QED) is 0.479. The van der Waals surface area contributed by atoms with Crippen LogP contribution in [0.4, 0.5) is 0 Å². The molecular weight excluding hydrogens is 364 g/mol.